The molecule has 0 bridgehead atoms. The lowest BCUT2D eigenvalue weighted by atomic mass is 10.1. The van der Waals surface area contributed by atoms with Crippen LogP contribution in [0.3, 0.4) is 0 Å². The molecule has 4 rings (SSSR count). The van der Waals surface area contributed by atoms with Gasteiger partial charge in [-0.05, 0) is 29.8 Å². The van der Waals surface area contributed by atoms with E-state index in [1.54, 1.807) is 16.9 Å². The van der Waals surface area contributed by atoms with Gasteiger partial charge in [0, 0.05) is 24.2 Å². The number of aromatic nitrogens is 5. The summed E-state index contributed by atoms with van der Waals surface area (Å²) < 4.78 is 3.56. The molecule has 0 saturated heterocycles. The first-order valence-electron chi connectivity index (χ1n) is 5.85. The predicted octanol–water partition coefficient (Wildman–Crippen LogP) is 1.63. The van der Waals surface area contributed by atoms with E-state index in [1.165, 1.54) is 0 Å². The summed E-state index contributed by atoms with van der Waals surface area (Å²) in [5.74, 6) is 0.265. The Hall–Kier alpha value is -2.89. The summed E-state index contributed by atoms with van der Waals surface area (Å²) in [4.78, 5) is 4.05. The number of fused-ring (bicyclic) bond motifs is 2. The van der Waals surface area contributed by atoms with Crippen LogP contribution < -0.4 is 5.73 Å². The molecule has 4 heterocycles. The van der Waals surface area contributed by atoms with Gasteiger partial charge in [-0.2, -0.15) is 5.10 Å². The number of rotatable bonds is 1. The molecule has 0 aliphatic rings. The Labute approximate surface area is 108 Å². The summed E-state index contributed by atoms with van der Waals surface area (Å²) >= 11 is 0. The minimum absolute atomic E-state index is 0.265. The highest BCUT2D eigenvalue weighted by atomic mass is 15.3. The molecule has 4 aromatic heterocycles. The molecule has 0 saturated carbocycles. The Bertz CT molecular complexity index is 888. The zero-order valence-electron chi connectivity index (χ0n) is 9.93. The molecule has 0 aliphatic heterocycles. The Kier molecular flexibility index (Phi) is 1.88. The SMILES string of the molecule is Nc1ncc2c(-c3ccn4nccc4c3)ccn2n1. The third-order valence-electron chi connectivity index (χ3n) is 3.15. The Morgan fingerprint density at radius 2 is 1.95 bits per heavy atom. The van der Waals surface area contributed by atoms with Crippen molar-refractivity contribution >= 4 is 17.0 Å². The van der Waals surface area contributed by atoms with E-state index >= 15 is 0 Å². The van der Waals surface area contributed by atoms with Gasteiger partial charge in [0.25, 0.3) is 0 Å². The van der Waals surface area contributed by atoms with Gasteiger partial charge in [0.2, 0.25) is 5.95 Å². The van der Waals surface area contributed by atoms with Crippen molar-refractivity contribution in [2.45, 2.75) is 0 Å². The third kappa shape index (κ3) is 1.46. The van der Waals surface area contributed by atoms with E-state index < -0.39 is 0 Å². The average Bonchev–Trinajstić information content (AvgIpc) is 3.02. The molecule has 6 nitrogen and oxygen atoms in total. The zero-order valence-corrected chi connectivity index (χ0v) is 9.93. The molecule has 19 heavy (non-hydrogen) atoms. The Morgan fingerprint density at radius 1 is 1.05 bits per heavy atom. The van der Waals surface area contributed by atoms with Gasteiger partial charge in [-0.25, -0.2) is 14.0 Å². The van der Waals surface area contributed by atoms with Crippen molar-refractivity contribution in [1.29, 1.82) is 0 Å². The second-order valence-corrected chi connectivity index (χ2v) is 4.29. The van der Waals surface area contributed by atoms with E-state index in [4.69, 9.17) is 5.73 Å². The second kappa shape index (κ2) is 3.55. The average molecular weight is 250 g/mol. The number of nitrogens with zero attached hydrogens (tertiary/aromatic N) is 5. The normalized spacial score (nSPS) is 11.4. The minimum Gasteiger partial charge on any atom is -0.367 e. The standard InChI is InChI=1S/C13H10N6/c14-13-15-8-12-11(3-6-19(12)17-13)9-2-5-18-10(7-9)1-4-16-18/h1-8H,(H2,14,17). The molecular formula is C13H10N6. The third-order valence-corrected chi connectivity index (χ3v) is 3.15. The fourth-order valence-electron chi connectivity index (χ4n) is 2.25. The van der Waals surface area contributed by atoms with Gasteiger partial charge in [-0.3, -0.25) is 0 Å². The Balaban J connectivity index is 1.97. The number of anilines is 1. The van der Waals surface area contributed by atoms with E-state index in [0.29, 0.717) is 0 Å². The molecule has 0 atom stereocenters. The number of nitrogen functional groups attached to an aromatic ring is 1. The first-order valence-corrected chi connectivity index (χ1v) is 5.85. The zero-order chi connectivity index (χ0) is 12.8. The minimum atomic E-state index is 0.265. The van der Waals surface area contributed by atoms with Crippen LogP contribution in [0, 0.1) is 0 Å². The first-order chi connectivity index (χ1) is 9.31. The number of pyridine rings is 1. The largest absolute Gasteiger partial charge is 0.367 e. The molecule has 4 aromatic rings. The van der Waals surface area contributed by atoms with Gasteiger partial charge < -0.3 is 5.73 Å². The van der Waals surface area contributed by atoms with Crippen LogP contribution in [-0.2, 0) is 0 Å². The van der Waals surface area contributed by atoms with E-state index in [2.05, 4.69) is 21.2 Å². The van der Waals surface area contributed by atoms with Crippen LogP contribution in [0.5, 0.6) is 0 Å². The maximum atomic E-state index is 5.58. The van der Waals surface area contributed by atoms with Crippen LogP contribution >= 0.6 is 0 Å². The first kappa shape index (κ1) is 10.1. The van der Waals surface area contributed by atoms with E-state index in [9.17, 15) is 0 Å². The van der Waals surface area contributed by atoms with Gasteiger partial charge in [0.05, 0.1) is 17.2 Å². The molecule has 92 valence electrons. The van der Waals surface area contributed by atoms with Crippen LogP contribution in [0.4, 0.5) is 5.95 Å². The van der Waals surface area contributed by atoms with Gasteiger partial charge in [0.15, 0.2) is 0 Å². The van der Waals surface area contributed by atoms with Crippen LogP contribution in [0.1, 0.15) is 0 Å². The van der Waals surface area contributed by atoms with Crippen LogP contribution in [0.2, 0.25) is 0 Å². The van der Waals surface area contributed by atoms with Crippen LogP contribution in [0.25, 0.3) is 22.2 Å². The van der Waals surface area contributed by atoms with Crippen molar-refractivity contribution in [3.63, 3.8) is 0 Å². The molecule has 0 radical (unpaired) electrons. The maximum Gasteiger partial charge on any atom is 0.238 e. The van der Waals surface area contributed by atoms with Crippen molar-refractivity contribution in [3.8, 4) is 11.1 Å². The summed E-state index contributed by atoms with van der Waals surface area (Å²) in [6.07, 6.45) is 7.33. The molecule has 0 amide bonds. The summed E-state index contributed by atoms with van der Waals surface area (Å²) in [6.45, 7) is 0. The predicted molar refractivity (Wildman–Crippen MR) is 71.6 cm³/mol. The summed E-state index contributed by atoms with van der Waals surface area (Å²) in [7, 11) is 0. The van der Waals surface area contributed by atoms with Gasteiger partial charge >= 0.3 is 0 Å². The maximum absolute atomic E-state index is 5.58. The van der Waals surface area contributed by atoms with E-state index in [1.807, 2.05) is 35.1 Å². The smallest absolute Gasteiger partial charge is 0.238 e. The highest BCUT2D eigenvalue weighted by molar-refractivity contribution is 5.82. The fraction of sp³-hybridized carbons (Fsp3) is 0. The number of nitrogens with two attached hydrogens (primary N) is 1. The second-order valence-electron chi connectivity index (χ2n) is 4.29. The number of hydrogen-bond donors (Lipinski definition) is 1. The summed E-state index contributed by atoms with van der Waals surface area (Å²) in [5, 5.41) is 8.33. The van der Waals surface area contributed by atoms with Crippen LogP contribution in [0.15, 0.2) is 49.1 Å². The lowest BCUT2D eigenvalue weighted by molar-refractivity contribution is 0.918. The monoisotopic (exact) mass is 250 g/mol. The van der Waals surface area contributed by atoms with Crippen molar-refractivity contribution in [2.24, 2.45) is 0 Å². The van der Waals surface area contributed by atoms with Gasteiger partial charge in [-0.15, -0.1) is 5.10 Å². The molecule has 0 fully saturated rings. The topological polar surface area (TPSA) is 73.5 Å². The molecular weight excluding hydrogens is 240 g/mol. The molecule has 0 spiro atoms. The quantitative estimate of drug-likeness (QED) is 0.557. The summed E-state index contributed by atoms with van der Waals surface area (Å²) in [6, 6.07) is 8.08. The molecule has 6 heteroatoms. The highest BCUT2D eigenvalue weighted by Crippen LogP contribution is 2.25. The molecule has 0 unspecified atom stereocenters. The van der Waals surface area contributed by atoms with Gasteiger partial charge in [-0.1, -0.05) is 0 Å². The molecule has 0 aliphatic carbocycles. The van der Waals surface area contributed by atoms with Crippen molar-refractivity contribution < 1.29 is 0 Å². The molecule has 0 aromatic carbocycles. The Morgan fingerprint density at radius 3 is 2.89 bits per heavy atom. The summed E-state index contributed by atoms with van der Waals surface area (Å²) in [5.41, 5.74) is 9.73. The number of hydrogen-bond acceptors (Lipinski definition) is 4. The van der Waals surface area contributed by atoms with Crippen molar-refractivity contribution in [2.75, 3.05) is 5.73 Å². The van der Waals surface area contributed by atoms with Crippen molar-refractivity contribution in [3.05, 3.63) is 49.1 Å². The fourth-order valence-corrected chi connectivity index (χ4v) is 2.25. The molecule has 2 N–H and O–H groups in total. The highest BCUT2D eigenvalue weighted by Gasteiger charge is 2.07. The lowest BCUT2D eigenvalue weighted by Gasteiger charge is -2.01. The van der Waals surface area contributed by atoms with Crippen LogP contribution in [-0.4, -0.2) is 24.2 Å². The van der Waals surface area contributed by atoms with E-state index in [0.717, 1.165) is 22.2 Å². The van der Waals surface area contributed by atoms with E-state index in [-0.39, 0.29) is 5.95 Å². The lowest BCUT2D eigenvalue weighted by Crippen LogP contribution is -1.99. The van der Waals surface area contributed by atoms with Crippen molar-refractivity contribution in [1.82, 2.24) is 24.2 Å². The van der Waals surface area contributed by atoms with Gasteiger partial charge in [0.1, 0.15) is 0 Å².